The largest absolute Gasteiger partial charge is 0.391 e. The summed E-state index contributed by atoms with van der Waals surface area (Å²) in [5.74, 6) is -0.171. The number of hydrogen-bond acceptors (Lipinski definition) is 4. The van der Waals surface area contributed by atoms with Crippen molar-refractivity contribution < 1.29 is 14.7 Å². The molecule has 0 aromatic heterocycles. The van der Waals surface area contributed by atoms with Crippen molar-refractivity contribution in [1.82, 2.24) is 16.0 Å². The Bertz CT molecular complexity index is 554. The lowest BCUT2D eigenvalue weighted by molar-refractivity contribution is -0.129. The van der Waals surface area contributed by atoms with Gasteiger partial charge in [-0.25, -0.2) is 0 Å². The van der Waals surface area contributed by atoms with E-state index < -0.39 is 12.1 Å². The fourth-order valence-corrected chi connectivity index (χ4v) is 2.80. The highest BCUT2D eigenvalue weighted by Gasteiger charge is 2.28. The molecule has 1 saturated heterocycles. The second-order valence-electron chi connectivity index (χ2n) is 6.74. The first-order valence-corrected chi connectivity index (χ1v) is 8.48. The summed E-state index contributed by atoms with van der Waals surface area (Å²) in [4.78, 5) is 24.7. The summed E-state index contributed by atoms with van der Waals surface area (Å²) in [7, 11) is 0. The first-order valence-electron chi connectivity index (χ1n) is 8.48. The molecule has 0 spiro atoms. The van der Waals surface area contributed by atoms with E-state index in [1.165, 1.54) is 0 Å². The van der Waals surface area contributed by atoms with Crippen molar-refractivity contribution in [3.8, 4) is 0 Å². The van der Waals surface area contributed by atoms with Gasteiger partial charge in [-0.3, -0.25) is 9.59 Å². The molecule has 3 atom stereocenters. The predicted molar refractivity (Wildman–Crippen MR) is 99.4 cm³/mol. The number of aliphatic hydroxyl groups excluding tert-OH is 1. The van der Waals surface area contributed by atoms with Crippen molar-refractivity contribution in [3.05, 3.63) is 35.9 Å². The van der Waals surface area contributed by atoms with E-state index in [4.69, 9.17) is 0 Å². The van der Waals surface area contributed by atoms with Crippen LogP contribution in [0.25, 0.3) is 0 Å². The van der Waals surface area contributed by atoms with Gasteiger partial charge in [-0.15, -0.1) is 12.4 Å². The molecule has 25 heavy (non-hydrogen) atoms. The Hall–Kier alpha value is -1.63. The van der Waals surface area contributed by atoms with Gasteiger partial charge in [-0.05, 0) is 11.5 Å². The topological polar surface area (TPSA) is 90.5 Å². The van der Waals surface area contributed by atoms with Crippen molar-refractivity contribution in [3.63, 3.8) is 0 Å². The van der Waals surface area contributed by atoms with E-state index in [-0.39, 0.29) is 36.1 Å². The molecule has 4 N–H and O–H groups in total. The molecule has 0 bridgehead atoms. The zero-order valence-electron chi connectivity index (χ0n) is 14.7. The van der Waals surface area contributed by atoms with Crippen LogP contribution in [0.4, 0.5) is 0 Å². The third kappa shape index (κ3) is 6.65. The summed E-state index contributed by atoms with van der Waals surface area (Å²) >= 11 is 0. The lowest BCUT2D eigenvalue weighted by Crippen LogP contribution is -2.43. The molecule has 1 heterocycles. The maximum atomic E-state index is 12.6. The minimum atomic E-state index is -0.719. The minimum absolute atomic E-state index is 0. The number of carbonyl (C=O) groups excluding carboxylic acids is 2. The van der Waals surface area contributed by atoms with Gasteiger partial charge in [0.25, 0.3) is 0 Å². The molecule has 1 fully saturated rings. The van der Waals surface area contributed by atoms with Gasteiger partial charge < -0.3 is 21.1 Å². The van der Waals surface area contributed by atoms with Crippen molar-refractivity contribution in [2.24, 2.45) is 11.8 Å². The molecule has 0 saturated carbocycles. The van der Waals surface area contributed by atoms with Gasteiger partial charge in [-0.2, -0.15) is 0 Å². The van der Waals surface area contributed by atoms with Gasteiger partial charge in [0.2, 0.25) is 11.8 Å². The molecule has 3 unspecified atom stereocenters. The molecular formula is C18H28ClN3O3. The van der Waals surface area contributed by atoms with Crippen LogP contribution >= 0.6 is 12.4 Å². The summed E-state index contributed by atoms with van der Waals surface area (Å²) in [5.41, 5.74) is 0.747. The van der Waals surface area contributed by atoms with Crippen LogP contribution in [0.5, 0.6) is 0 Å². The summed E-state index contributed by atoms with van der Waals surface area (Å²) in [6.45, 7) is 5.54. The smallest absolute Gasteiger partial charge is 0.247 e. The Morgan fingerprint density at radius 2 is 1.92 bits per heavy atom. The van der Waals surface area contributed by atoms with Crippen molar-refractivity contribution in [2.45, 2.75) is 32.4 Å². The van der Waals surface area contributed by atoms with Crippen LogP contribution in [-0.2, 0) is 9.59 Å². The van der Waals surface area contributed by atoms with Crippen molar-refractivity contribution >= 4 is 24.2 Å². The normalized spacial score (nSPS) is 20.6. The lowest BCUT2D eigenvalue weighted by Gasteiger charge is -2.21. The third-order valence-corrected chi connectivity index (χ3v) is 4.14. The van der Waals surface area contributed by atoms with Gasteiger partial charge in [0.15, 0.2) is 0 Å². The molecule has 1 aliphatic heterocycles. The first kappa shape index (κ1) is 21.4. The van der Waals surface area contributed by atoms with E-state index in [1.807, 2.05) is 44.2 Å². The lowest BCUT2D eigenvalue weighted by atomic mass is 10.0. The van der Waals surface area contributed by atoms with Gasteiger partial charge in [0.1, 0.15) is 6.04 Å². The van der Waals surface area contributed by atoms with Gasteiger partial charge in [0.05, 0.1) is 6.10 Å². The molecule has 140 valence electrons. The summed E-state index contributed by atoms with van der Waals surface area (Å²) in [5, 5.41) is 18.6. The van der Waals surface area contributed by atoms with E-state index in [2.05, 4.69) is 16.0 Å². The Morgan fingerprint density at radius 1 is 1.24 bits per heavy atom. The minimum Gasteiger partial charge on any atom is -0.391 e. The highest BCUT2D eigenvalue weighted by Crippen LogP contribution is 2.15. The highest BCUT2D eigenvalue weighted by atomic mass is 35.5. The molecule has 6 nitrogen and oxygen atoms in total. The number of aliphatic hydroxyl groups is 1. The Labute approximate surface area is 155 Å². The second kappa shape index (κ2) is 10.4. The van der Waals surface area contributed by atoms with Crippen LogP contribution in [0, 0.1) is 11.8 Å². The second-order valence-corrected chi connectivity index (χ2v) is 6.74. The molecule has 0 aliphatic carbocycles. The van der Waals surface area contributed by atoms with Gasteiger partial charge >= 0.3 is 0 Å². The van der Waals surface area contributed by atoms with Gasteiger partial charge in [-0.1, -0.05) is 44.2 Å². The summed E-state index contributed by atoms with van der Waals surface area (Å²) < 4.78 is 0. The van der Waals surface area contributed by atoms with E-state index in [1.54, 1.807) is 0 Å². The third-order valence-electron chi connectivity index (χ3n) is 4.14. The predicted octanol–water partition coefficient (Wildman–Crippen LogP) is 1.01. The summed E-state index contributed by atoms with van der Waals surface area (Å²) in [6, 6.07) is 8.49. The molecule has 2 rings (SSSR count). The number of β-amino-alcohol motifs (C(OH)–C–C–N with tert-alkyl or cyclic N) is 1. The summed E-state index contributed by atoms with van der Waals surface area (Å²) in [6.07, 6.45) is -0.0713. The molecule has 1 aromatic rings. The standard InChI is InChI=1S/C18H27N3O3.ClH/c1-12(2)8-16(23)21-17(13-6-4-3-5-7-13)18(24)20-10-14-9-19-11-15(14)22;/h3-7,12,14-15,17,19,22H,8-11H2,1-2H3,(H,20,24)(H,21,23);1H. The average molecular weight is 370 g/mol. The number of hydrogen-bond donors (Lipinski definition) is 4. The van der Waals surface area contributed by atoms with E-state index in [0.717, 1.165) is 5.56 Å². The number of benzene rings is 1. The molecule has 7 heteroatoms. The quantitative estimate of drug-likeness (QED) is 0.577. The number of amides is 2. The highest BCUT2D eigenvalue weighted by molar-refractivity contribution is 5.88. The fourth-order valence-electron chi connectivity index (χ4n) is 2.80. The maximum Gasteiger partial charge on any atom is 0.247 e. The Kier molecular flexibility index (Phi) is 8.89. The van der Waals surface area contributed by atoms with E-state index in [9.17, 15) is 14.7 Å². The zero-order chi connectivity index (χ0) is 17.5. The molecule has 1 aromatic carbocycles. The van der Waals surface area contributed by atoms with Crippen LogP contribution in [-0.4, -0.2) is 42.7 Å². The van der Waals surface area contributed by atoms with E-state index >= 15 is 0 Å². The van der Waals surface area contributed by atoms with E-state index in [0.29, 0.717) is 26.1 Å². The van der Waals surface area contributed by atoms with Crippen LogP contribution in [0.1, 0.15) is 31.9 Å². The van der Waals surface area contributed by atoms with Crippen LogP contribution in [0.2, 0.25) is 0 Å². The monoisotopic (exact) mass is 369 g/mol. The molecule has 0 radical (unpaired) electrons. The van der Waals surface area contributed by atoms with Crippen molar-refractivity contribution in [2.75, 3.05) is 19.6 Å². The maximum absolute atomic E-state index is 12.6. The Balaban J connectivity index is 0.00000312. The van der Waals surface area contributed by atoms with Crippen molar-refractivity contribution in [1.29, 1.82) is 0 Å². The zero-order valence-corrected chi connectivity index (χ0v) is 15.5. The number of halogens is 1. The molecule has 1 aliphatic rings. The Morgan fingerprint density at radius 3 is 2.48 bits per heavy atom. The average Bonchev–Trinajstić information content (AvgIpc) is 2.95. The van der Waals surface area contributed by atoms with Gasteiger partial charge in [0, 0.05) is 32.0 Å². The number of carbonyl (C=O) groups is 2. The molecular weight excluding hydrogens is 342 g/mol. The van der Waals surface area contributed by atoms with Crippen LogP contribution in [0.15, 0.2) is 30.3 Å². The SMILES string of the molecule is CC(C)CC(=O)NC(C(=O)NCC1CNCC1O)c1ccccc1.Cl. The molecule has 2 amide bonds. The number of nitrogens with one attached hydrogen (secondary N) is 3. The number of rotatable bonds is 7. The first-order chi connectivity index (χ1) is 11.5. The fraction of sp³-hybridized carbons (Fsp3) is 0.556. The van der Waals surface area contributed by atoms with Crippen LogP contribution < -0.4 is 16.0 Å². The van der Waals surface area contributed by atoms with Crippen LogP contribution in [0.3, 0.4) is 0 Å².